The summed E-state index contributed by atoms with van der Waals surface area (Å²) < 4.78 is 6.47. The number of anilines is 1. The van der Waals surface area contributed by atoms with Crippen molar-refractivity contribution in [3.63, 3.8) is 0 Å². The van der Waals surface area contributed by atoms with E-state index in [0.717, 1.165) is 41.8 Å². The Balaban J connectivity index is 1.22. The summed E-state index contributed by atoms with van der Waals surface area (Å²) in [5.41, 5.74) is 2.71. The molecule has 1 N–H and O–H groups in total. The van der Waals surface area contributed by atoms with Crippen LogP contribution < -0.4 is 10.1 Å². The van der Waals surface area contributed by atoms with Crippen LogP contribution in [0.4, 0.5) is 5.69 Å². The second kappa shape index (κ2) is 13.4. The minimum absolute atomic E-state index is 0.0363. The maximum absolute atomic E-state index is 13.0. The summed E-state index contributed by atoms with van der Waals surface area (Å²) in [6.45, 7) is 1.02. The Bertz CT molecular complexity index is 1280. The SMILES string of the molecule is O=C(CCCCCN1C(=O)/C(=C/c2cccc(OCc3ccccc3)c2)SC1=S)Nc1ccc(Cl)cc1. The van der Waals surface area contributed by atoms with Crippen LogP contribution in [-0.4, -0.2) is 27.6 Å². The summed E-state index contributed by atoms with van der Waals surface area (Å²) in [7, 11) is 0. The summed E-state index contributed by atoms with van der Waals surface area (Å²) in [5, 5.41) is 3.49. The first-order valence-electron chi connectivity index (χ1n) is 12.1. The van der Waals surface area contributed by atoms with Crippen LogP contribution in [0.3, 0.4) is 0 Å². The minimum atomic E-state index is -0.0777. The van der Waals surface area contributed by atoms with Crippen molar-refractivity contribution >= 4 is 63.5 Å². The number of benzene rings is 3. The largest absolute Gasteiger partial charge is 0.489 e. The maximum atomic E-state index is 13.0. The Hall–Kier alpha value is -3.13. The predicted molar refractivity (Wildman–Crippen MR) is 156 cm³/mol. The number of hydrogen-bond donors (Lipinski definition) is 1. The molecule has 190 valence electrons. The topological polar surface area (TPSA) is 58.6 Å². The lowest BCUT2D eigenvalue weighted by atomic mass is 10.1. The highest BCUT2D eigenvalue weighted by Crippen LogP contribution is 2.33. The van der Waals surface area contributed by atoms with Crippen molar-refractivity contribution in [1.82, 2.24) is 4.90 Å². The average molecular weight is 551 g/mol. The van der Waals surface area contributed by atoms with Gasteiger partial charge in [-0.15, -0.1) is 0 Å². The summed E-state index contributed by atoms with van der Waals surface area (Å²) in [5.74, 6) is 0.630. The van der Waals surface area contributed by atoms with Crippen molar-refractivity contribution in [2.75, 3.05) is 11.9 Å². The summed E-state index contributed by atoms with van der Waals surface area (Å²) in [6.07, 6.45) is 4.61. The van der Waals surface area contributed by atoms with Gasteiger partial charge in [-0.3, -0.25) is 14.5 Å². The first kappa shape index (κ1) is 26.9. The van der Waals surface area contributed by atoms with Gasteiger partial charge in [0.1, 0.15) is 16.7 Å². The van der Waals surface area contributed by atoms with Crippen molar-refractivity contribution in [2.24, 2.45) is 0 Å². The molecule has 1 saturated heterocycles. The Labute approximate surface area is 231 Å². The zero-order valence-corrected chi connectivity index (χ0v) is 22.6. The molecule has 0 saturated carbocycles. The van der Waals surface area contributed by atoms with Crippen molar-refractivity contribution < 1.29 is 14.3 Å². The van der Waals surface area contributed by atoms with Gasteiger partial charge in [-0.05, 0) is 66.4 Å². The van der Waals surface area contributed by atoms with Gasteiger partial charge in [0.2, 0.25) is 5.91 Å². The van der Waals surface area contributed by atoms with Crippen molar-refractivity contribution in [3.8, 4) is 5.75 Å². The monoisotopic (exact) mass is 550 g/mol. The fourth-order valence-electron chi connectivity index (χ4n) is 3.77. The third kappa shape index (κ3) is 8.18. The molecule has 1 fully saturated rings. The molecule has 2 amide bonds. The molecule has 0 aromatic heterocycles. The molecule has 0 aliphatic carbocycles. The first-order chi connectivity index (χ1) is 18.0. The van der Waals surface area contributed by atoms with E-state index in [9.17, 15) is 9.59 Å². The highest BCUT2D eigenvalue weighted by atomic mass is 35.5. The molecule has 0 bridgehead atoms. The van der Waals surface area contributed by atoms with E-state index < -0.39 is 0 Å². The number of carbonyl (C=O) groups excluding carboxylic acids is 2. The quantitative estimate of drug-likeness (QED) is 0.154. The van der Waals surface area contributed by atoms with Gasteiger partial charge in [0, 0.05) is 23.7 Å². The lowest BCUT2D eigenvalue weighted by molar-refractivity contribution is -0.122. The van der Waals surface area contributed by atoms with Crippen LogP contribution in [0.1, 0.15) is 36.8 Å². The second-order valence-electron chi connectivity index (χ2n) is 8.55. The van der Waals surface area contributed by atoms with E-state index in [1.807, 2.05) is 60.7 Å². The van der Waals surface area contributed by atoms with E-state index >= 15 is 0 Å². The molecule has 0 unspecified atom stereocenters. The molecule has 8 heteroatoms. The molecule has 1 aliphatic rings. The van der Waals surface area contributed by atoms with Gasteiger partial charge in [-0.1, -0.05) is 84.5 Å². The number of thioether (sulfide) groups is 1. The normalized spacial score (nSPS) is 14.3. The Morgan fingerprint density at radius 2 is 1.78 bits per heavy atom. The van der Waals surface area contributed by atoms with Crippen LogP contribution in [0, 0.1) is 0 Å². The summed E-state index contributed by atoms with van der Waals surface area (Å²) >= 11 is 12.6. The molecule has 37 heavy (non-hydrogen) atoms. The van der Waals surface area contributed by atoms with Gasteiger partial charge in [0.25, 0.3) is 5.91 Å². The molecule has 3 aromatic carbocycles. The van der Waals surface area contributed by atoms with Gasteiger partial charge >= 0.3 is 0 Å². The molecule has 0 radical (unpaired) electrons. The molecular formula is C29H27ClN2O3S2. The predicted octanol–water partition coefficient (Wildman–Crippen LogP) is 7.32. The molecule has 3 aromatic rings. The van der Waals surface area contributed by atoms with Crippen LogP contribution in [0.15, 0.2) is 83.8 Å². The van der Waals surface area contributed by atoms with Gasteiger partial charge in [-0.25, -0.2) is 0 Å². The van der Waals surface area contributed by atoms with E-state index in [4.69, 9.17) is 28.6 Å². The molecule has 1 heterocycles. The van der Waals surface area contributed by atoms with Crippen LogP contribution >= 0.6 is 35.6 Å². The molecular weight excluding hydrogens is 524 g/mol. The fraction of sp³-hybridized carbons (Fsp3) is 0.207. The molecule has 0 spiro atoms. The van der Waals surface area contributed by atoms with E-state index in [1.54, 1.807) is 29.2 Å². The number of unbranched alkanes of at least 4 members (excludes halogenated alkanes) is 2. The number of amides is 2. The number of hydrogen-bond acceptors (Lipinski definition) is 5. The second-order valence-corrected chi connectivity index (χ2v) is 10.7. The zero-order chi connectivity index (χ0) is 26.0. The molecule has 0 atom stereocenters. The smallest absolute Gasteiger partial charge is 0.266 e. The highest BCUT2D eigenvalue weighted by Gasteiger charge is 2.31. The Kier molecular flexibility index (Phi) is 9.77. The number of thiocarbonyl (C=S) groups is 1. The number of ether oxygens (including phenoxy) is 1. The molecule has 4 rings (SSSR count). The number of nitrogens with one attached hydrogen (secondary N) is 1. The third-order valence-electron chi connectivity index (χ3n) is 5.69. The molecule has 5 nitrogen and oxygen atoms in total. The van der Waals surface area contributed by atoms with Gasteiger partial charge in [0.15, 0.2) is 0 Å². The maximum Gasteiger partial charge on any atom is 0.266 e. The van der Waals surface area contributed by atoms with Gasteiger partial charge in [-0.2, -0.15) is 0 Å². The number of carbonyl (C=O) groups is 2. The van der Waals surface area contributed by atoms with Gasteiger partial charge < -0.3 is 10.1 Å². The lowest BCUT2D eigenvalue weighted by Crippen LogP contribution is -2.29. The number of nitrogens with zero attached hydrogens (tertiary/aromatic N) is 1. The third-order valence-corrected chi connectivity index (χ3v) is 7.32. The van der Waals surface area contributed by atoms with Crippen LogP contribution in [0.5, 0.6) is 5.75 Å². The first-order valence-corrected chi connectivity index (χ1v) is 13.7. The minimum Gasteiger partial charge on any atom is -0.489 e. The van der Waals surface area contributed by atoms with Gasteiger partial charge in [0.05, 0.1) is 4.91 Å². The van der Waals surface area contributed by atoms with E-state index in [2.05, 4.69) is 5.32 Å². The van der Waals surface area contributed by atoms with Crippen LogP contribution in [0.2, 0.25) is 5.02 Å². The fourth-order valence-corrected chi connectivity index (χ4v) is 5.20. The average Bonchev–Trinajstić information content (AvgIpc) is 3.16. The number of rotatable bonds is 11. The Morgan fingerprint density at radius 3 is 2.57 bits per heavy atom. The highest BCUT2D eigenvalue weighted by molar-refractivity contribution is 8.26. The van der Waals surface area contributed by atoms with E-state index in [-0.39, 0.29) is 11.8 Å². The van der Waals surface area contributed by atoms with Crippen molar-refractivity contribution in [1.29, 1.82) is 0 Å². The van der Waals surface area contributed by atoms with E-state index in [1.165, 1.54) is 11.8 Å². The van der Waals surface area contributed by atoms with Crippen LogP contribution in [-0.2, 0) is 16.2 Å². The standard InChI is InChI=1S/C29H27ClN2O3S2/c30-23-13-15-24(16-14-23)31-27(33)12-5-2-6-17-32-28(34)26(37-29(32)36)19-22-10-7-11-25(18-22)35-20-21-8-3-1-4-9-21/h1,3-4,7-11,13-16,18-19H,2,5-6,12,17,20H2,(H,31,33)/b26-19-. The lowest BCUT2D eigenvalue weighted by Gasteiger charge is -2.14. The zero-order valence-electron chi connectivity index (χ0n) is 20.2. The Morgan fingerprint density at radius 1 is 1.00 bits per heavy atom. The number of halogens is 1. The molecule has 1 aliphatic heterocycles. The summed E-state index contributed by atoms with van der Waals surface area (Å²) in [4.78, 5) is 27.3. The van der Waals surface area contributed by atoms with Crippen molar-refractivity contribution in [3.05, 3.63) is 99.9 Å². The van der Waals surface area contributed by atoms with Crippen LogP contribution in [0.25, 0.3) is 6.08 Å². The summed E-state index contributed by atoms with van der Waals surface area (Å²) in [6, 6.07) is 24.7. The van der Waals surface area contributed by atoms with E-state index in [0.29, 0.717) is 33.8 Å². The van der Waals surface area contributed by atoms with Crippen molar-refractivity contribution in [2.45, 2.75) is 32.3 Å².